The Bertz CT molecular complexity index is 2250. The smallest absolute Gasteiger partial charge is 0.184 e. The third-order valence-electron chi connectivity index (χ3n) is 9.33. The molecule has 1 nitrogen and oxygen atoms in total. The number of benzene rings is 7. The topological polar surface area (TPSA) is 3.24 Å². The third kappa shape index (κ3) is 3.91. The van der Waals surface area contributed by atoms with E-state index in [-0.39, 0.29) is 0 Å². The van der Waals surface area contributed by atoms with Crippen molar-refractivity contribution in [3.05, 3.63) is 176 Å². The normalized spacial score (nSPS) is 13.5. The molecule has 0 N–H and O–H groups in total. The lowest BCUT2D eigenvalue weighted by Gasteiger charge is -2.45. The first kappa shape index (κ1) is 26.2. The Morgan fingerprint density at radius 2 is 1.00 bits per heavy atom. The highest BCUT2D eigenvalue weighted by Crippen LogP contribution is 2.43. The molecular formula is C42H29NSSi. The Hall–Kier alpha value is -5.22. The van der Waals surface area contributed by atoms with Crippen LogP contribution in [0.3, 0.4) is 0 Å². The number of anilines is 3. The first-order valence-electron chi connectivity index (χ1n) is 15.4. The van der Waals surface area contributed by atoms with E-state index in [1.54, 1.807) is 0 Å². The van der Waals surface area contributed by atoms with Gasteiger partial charge in [-0.15, -0.1) is 11.3 Å². The van der Waals surface area contributed by atoms with Gasteiger partial charge in [0.15, 0.2) is 8.07 Å². The summed E-state index contributed by atoms with van der Waals surface area (Å²) in [4.78, 5) is 2.50. The maximum Gasteiger partial charge on any atom is 0.184 e. The maximum atomic E-state index is 2.50. The lowest BCUT2D eigenvalue weighted by Crippen LogP contribution is -2.77. The maximum absolute atomic E-state index is 2.62. The van der Waals surface area contributed by atoms with Gasteiger partial charge >= 0.3 is 0 Å². The molecule has 45 heavy (non-hydrogen) atoms. The Balaban J connectivity index is 1.30. The molecule has 3 heteroatoms. The first-order valence-corrected chi connectivity index (χ1v) is 18.3. The molecule has 0 amide bonds. The van der Waals surface area contributed by atoms with Crippen LogP contribution < -0.4 is 25.6 Å². The Labute approximate surface area is 268 Å². The summed E-state index contributed by atoms with van der Waals surface area (Å²) in [6.45, 7) is 0. The average Bonchev–Trinajstić information content (AvgIpc) is 3.50. The molecule has 1 aliphatic heterocycles. The number of fused-ring (bicyclic) bond motifs is 5. The van der Waals surface area contributed by atoms with Crippen LogP contribution in [0.2, 0.25) is 0 Å². The van der Waals surface area contributed by atoms with Gasteiger partial charge in [0.2, 0.25) is 0 Å². The minimum atomic E-state index is -2.62. The molecule has 9 rings (SSSR count). The van der Waals surface area contributed by atoms with Crippen LogP contribution in [-0.4, -0.2) is 8.07 Å². The molecule has 0 bridgehead atoms. The van der Waals surface area contributed by atoms with Crippen LogP contribution in [0.4, 0.5) is 17.1 Å². The summed E-state index contributed by atoms with van der Waals surface area (Å²) in [6, 6.07) is 65.3. The van der Waals surface area contributed by atoms with E-state index in [2.05, 4.69) is 181 Å². The Kier molecular flexibility index (Phi) is 6.08. The van der Waals surface area contributed by atoms with E-state index in [1.807, 2.05) is 11.3 Å². The molecule has 0 spiro atoms. The second-order valence-corrected chi connectivity index (χ2v) is 16.5. The second-order valence-electron chi connectivity index (χ2n) is 11.7. The van der Waals surface area contributed by atoms with Crippen molar-refractivity contribution < 1.29 is 0 Å². The fraction of sp³-hybridized carbons (Fsp3) is 0. The van der Waals surface area contributed by atoms with E-state index in [1.165, 1.54) is 69.1 Å². The molecule has 1 aromatic heterocycles. The molecule has 7 aromatic carbocycles. The molecule has 8 aromatic rings. The molecule has 0 atom stereocenters. The van der Waals surface area contributed by atoms with E-state index >= 15 is 0 Å². The summed E-state index contributed by atoms with van der Waals surface area (Å²) >= 11 is 1.89. The van der Waals surface area contributed by atoms with Gasteiger partial charge in [0.1, 0.15) is 0 Å². The number of hydrogen-bond acceptors (Lipinski definition) is 2. The predicted molar refractivity (Wildman–Crippen MR) is 197 cm³/mol. The van der Waals surface area contributed by atoms with E-state index < -0.39 is 8.07 Å². The molecule has 0 saturated carbocycles. The van der Waals surface area contributed by atoms with Crippen molar-refractivity contribution in [3.8, 4) is 11.1 Å². The molecular weight excluding hydrogens is 579 g/mol. The minimum absolute atomic E-state index is 1.18. The summed E-state index contributed by atoms with van der Waals surface area (Å²) in [5.41, 5.74) is 6.21. The zero-order chi connectivity index (χ0) is 29.8. The van der Waals surface area contributed by atoms with Crippen LogP contribution in [0.5, 0.6) is 0 Å². The van der Waals surface area contributed by atoms with Gasteiger partial charge in [-0.05, 0) is 62.2 Å². The van der Waals surface area contributed by atoms with Crippen LogP contribution in [0, 0.1) is 0 Å². The molecule has 0 unspecified atom stereocenters. The van der Waals surface area contributed by atoms with Gasteiger partial charge in [-0.1, -0.05) is 146 Å². The van der Waals surface area contributed by atoms with Crippen molar-refractivity contribution in [3.63, 3.8) is 0 Å². The van der Waals surface area contributed by atoms with Crippen molar-refractivity contribution in [2.75, 3.05) is 4.90 Å². The SMILES string of the molecule is c1ccc([Si]2(c3ccccc3)c3ccccc3N(c3cccc(-c4cccc5c4sc4ccccc45)c3)c3ccccc32)cc1. The van der Waals surface area contributed by atoms with E-state index in [0.717, 1.165) is 0 Å². The van der Waals surface area contributed by atoms with E-state index in [0.29, 0.717) is 0 Å². The number of thiophene rings is 1. The second kappa shape index (κ2) is 10.4. The number of nitrogens with zero attached hydrogens (tertiary/aromatic N) is 1. The fourth-order valence-electron chi connectivity index (χ4n) is 7.48. The van der Waals surface area contributed by atoms with Gasteiger partial charge in [0.05, 0.1) is 0 Å². The highest BCUT2D eigenvalue weighted by molar-refractivity contribution is 7.26. The monoisotopic (exact) mass is 607 g/mol. The van der Waals surface area contributed by atoms with Crippen molar-refractivity contribution in [2.24, 2.45) is 0 Å². The molecule has 1 aliphatic rings. The van der Waals surface area contributed by atoms with E-state index in [4.69, 9.17) is 0 Å². The standard InChI is InChI=1S/C42H29NSSi/c1-3-17-32(18-4-1)45(33-19-5-2-6-20-33)40-27-11-8-24-37(40)43(38-25-9-12-28-41(38)45)31-16-13-15-30(29-31)34-22-14-23-36-35-21-7-10-26-39(35)44-42(34)36/h1-29H. The van der Waals surface area contributed by atoms with Gasteiger partial charge in [0, 0.05) is 37.2 Å². The summed E-state index contributed by atoms with van der Waals surface area (Å²) in [5, 5.41) is 8.30. The average molecular weight is 608 g/mol. The summed E-state index contributed by atoms with van der Waals surface area (Å²) < 4.78 is 2.67. The summed E-state index contributed by atoms with van der Waals surface area (Å²) in [5.74, 6) is 0. The zero-order valence-corrected chi connectivity index (χ0v) is 26.4. The largest absolute Gasteiger partial charge is 0.311 e. The van der Waals surface area contributed by atoms with Gasteiger partial charge in [-0.3, -0.25) is 0 Å². The van der Waals surface area contributed by atoms with Gasteiger partial charge in [-0.25, -0.2) is 0 Å². The van der Waals surface area contributed by atoms with Gasteiger partial charge in [0.25, 0.3) is 0 Å². The van der Waals surface area contributed by atoms with Crippen molar-refractivity contribution in [1.29, 1.82) is 0 Å². The number of para-hydroxylation sites is 2. The quantitative estimate of drug-likeness (QED) is 0.181. The molecule has 0 radical (unpaired) electrons. The molecule has 212 valence electrons. The third-order valence-corrected chi connectivity index (χ3v) is 15.4. The summed E-state index contributed by atoms with van der Waals surface area (Å²) in [7, 11) is -2.62. The molecule has 2 heterocycles. The van der Waals surface area contributed by atoms with Crippen molar-refractivity contribution in [2.45, 2.75) is 0 Å². The van der Waals surface area contributed by atoms with Crippen LogP contribution in [0.15, 0.2) is 176 Å². The number of rotatable bonds is 4. The van der Waals surface area contributed by atoms with Gasteiger partial charge < -0.3 is 4.90 Å². The Morgan fingerprint density at radius 3 is 1.69 bits per heavy atom. The first-order chi connectivity index (χ1) is 22.3. The fourth-order valence-corrected chi connectivity index (χ4v) is 13.8. The minimum Gasteiger partial charge on any atom is -0.311 e. The van der Waals surface area contributed by atoms with Gasteiger partial charge in [-0.2, -0.15) is 0 Å². The van der Waals surface area contributed by atoms with E-state index in [9.17, 15) is 0 Å². The lowest BCUT2D eigenvalue weighted by molar-refractivity contribution is 1.29. The molecule has 0 fully saturated rings. The van der Waals surface area contributed by atoms with Crippen molar-refractivity contribution in [1.82, 2.24) is 0 Å². The van der Waals surface area contributed by atoms with Crippen LogP contribution in [0.1, 0.15) is 0 Å². The zero-order valence-electron chi connectivity index (χ0n) is 24.6. The predicted octanol–water partition coefficient (Wildman–Crippen LogP) is 8.88. The lowest BCUT2D eigenvalue weighted by atomic mass is 10.0. The van der Waals surface area contributed by atoms with Crippen LogP contribution in [0.25, 0.3) is 31.3 Å². The molecule has 0 aliphatic carbocycles. The highest BCUT2D eigenvalue weighted by atomic mass is 32.1. The van der Waals surface area contributed by atoms with Crippen LogP contribution >= 0.6 is 11.3 Å². The van der Waals surface area contributed by atoms with Crippen molar-refractivity contribution >= 4 is 77.4 Å². The Morgan fingerprint density at radius 1 is 0.444 bits per heavy atom. The summed E-state index contributed by atoms with van der Waals surface area (Å²) in [6.07, 6.45) is 0. The highest BCUT2D eigenvalue weighted by Gasteiger charge is 2.48. The number of hydrogen-bond donors (Lipinski definition) is 0. The molecule has 0 saturated heterocycles. The van der Waals surface area contributed by atoms with Crippen LogP contribution in [-0.2, 0) is 0 Å².